The number of carbonyl (C=O) groups is 4. The van der Waals surface area contributed by atoms with E-state index in [0.717, 1.165) is 48.8 Å². The van der Waals surface area contributed by atoms with Crippen LogP contribution in [0.25, 0.3) is 0 Å². The van der Waals surface area contributed by atoms with E-state index in [2.05, 4.69) is 33.8 Å². The minimum absolute atomic E-state index is 0.0451. The Labute approximate surface area is 237 Å². The second kappa shape index (κ2) is 17.7. The molecule has 3 atom stereocenters. The van der Waals surface area contributed by atoms with Crippen LogP contribution < -0.4 is 0 Å². The summed E-state index contributed by atoms with van der Waals surface area (Å²) in [4.78, 5) is 47.5. The summed E-state index contributed by atoms with van der Waals surface area (Å²) in [6.45, 7) is 15.6. The van der Waals surface area contributed by atoms with Gasteiger partial charge in [-0.05, 0) is 75.5 Å². The van der Waals surface area contributed by atoms with Crippen LogP contribution in [0.5, 0.6) is 0 Å². The van der Waals surface area contributed by atoms with Crippen molar-refractivity contribution in [2.75, 3.05) is 0 Å². The lowest BCUT2D eigenvalue weighted by molar-refractivity contribution is -0.129. The minimum Gasteiger partial charge on any atom is -0.300 e. The highest BCUT2D eigenvalue weighted by atomic mass is 16.1. The summed E-state index contributed by atoms with van der Waals surface area (Å²) < 4.78 is 0. The van der Waals surface area contributed by atoms with Gasteiger partial charge in [0.2, 0.25) is 0 Å². The Hall–Kier alpha value is -2.88. The first kappa shape index (κ1) is 34.1. The summed E-state index contributed by atoms with van der Waals surface area (Å²) in [5, 5.41) is 0. The molecule has 0 amide bonds. The van der Waals surface area contributed by atoms with E-state index >= 15 is 0 Å². The van der Waals surface area contributed by atoms with E-state index in [1.54, 1.807) is 6.92 Å². The third-order valence-corrected chi connectivity index (χ3v) is 7.32. The number of Topliss-reactive ketones (excluding diaryl/α,β-unsaturated/α-hetero) is 4. The lowest BCUT2D eigenvalue weighted by Gasteiger charge is -2.32. The highest BCUT2D eigenvalue weighted by molar-refractivity contribution is 6.00. The highest BCUT2D eigenvalue weighted by Gasteiger charge is 2.33. The van der Waals surface area contributed by atoms with Gasteiger partial charge in [-0.3, -0.25) is 19.2 Å². The first-order chi connectivity index (χ1) is 18.5. The molecule has 0 aromatic heterocycles. The van der Waals surface area contributed by atoms with Crippen molar-refractivity contribution in [3.63, 3.8) is 0 Å². The third kappa shape index (κ3) is 11.0. The lowest BCUT2D eigenvalue weighted by Crippen LogP contribution is -2.30. The normalized spacial score (nSPS) is 15.5. The minimum atomic E-state index is -0.0658. The molecule has 214 valence electrons. The molecule has 2 aromatic rings. The fraction of sp³-hybridized carbons (Fsp3) is 0.543. The molecule has 0 bridgehead atoms. The Balaban J connectivity index is 0.000000524. The molecule has 0 fully saturated rings. The van der Waals surface area contributed by atoms with Gasteiger partial charge in [0.1, 0.15) is 11.6 Å². The molecular weight excluding hydrogens is 484 g/mol. The molecule has 4 nitrogen and oxygen atoms in total. The van der Waals surface area contributed by atoms with E-state index in [-0.39, 0.29) is 41.4 Å². The highest BCUT2D eigenvalue weighted by Crippen LogP contribution is 2.37. The second-order valence-electron chi connectivity index (χ2n) is 11.0. The smallest absolute Gasteiger partial charge is 0.163 e. The topological polar surface area (TPSA) is 68.3 Å². The van der Waals surface area contributed by atoms with Gasteiger partial charge in [0, 0.05) is 23.5 Å². The Morgan fingerprint density at radius 2 is 1.46 bits per heavy atom. The van der Waals surface area contributed by atoms with Crippen LogP contribution in [0.15, 0.2) is 42.5 Å². The van der Waals surface area contributed by atoms with Gasteiger partial charge in [0.15, 0.2) is 11.6 Å². The van der Waals surface area contributed by atoms with Crippen molar-refractivity contribution in [3.8, 4) is 0 Å². The summed E-state index contributed by atoms with van der Waals surface area (Å²) in [6.07, 6.45) is 6.46. The van der Waals surface area contributed by atoms with Gasteiger partial charge in [-0.1, -0.05) is 89.4 Å². The van der Waals surface area contributed by atoms with E-state index in [4.69, 9.17) is 0 Å². The van der Waals surface area contributed by atoms with Gasteiger partial charge < -0.3 is 0 Å². The number of benzene rings is 2. The van der Waals surface area contributed by atoms with E-state index in [9.17, 15) is 19.2 Å². The molecule has 1 aliphatic rings. The first-order valence-electron chi connectivity index (χ1n) is 14.7. The van der Waals surface area contributed by atoms with Crippen molar-refractivity contribution in [3.05, 3.63) is 70.3 Å². The summed E-state index contributed by atoms with van der Waals surface area (Å²) in [5.41, 5.74) is 5.18. The Morgan fingerprint density at radius 3 is 1.95 bits per heavy atom. The standard InChI is InChI=1S/C24H34O3.C8H8O.C3H8/c1-6-8-19(20(7-2)22(26)11-17(5)25)12-18-13-21-15(3)9-10-16(4)24(21)23(27)14-18;1-7(9)8-5-3-2-4-6-8;1-3-2/h9-10,18-20H,6-8,11-14H2,1-5H3;2-6H,1H3;3H2,1-2H3. The molecule has 0 saturated heterocycles. The molecule has 0 radical (unpaired) electrons. The van der Waals surface area contributed by atoms with Gasteiger partial charge in [-0.25, -0.2) is 0 Å². The molecule has 3 unspecified atom stereocenters. The number of ketones is 4. The quantitative estimate of drug-likeness (QED) is 0.226. The van der Waals surface area contributed by atoms with Crippen LogP contribution in [0.2, 0.25) is 0 Å². The number of rotatable bonds is 10. The predicted octanol–water partition coefficient (Wildman–Crippen LogP) is 8.73. The zero-order valence-electron chi connectivity index (χ0n) is 25.6. The van der Waals surface area contributed by atoms with Crippen LogP contribution in [-0.2, 0) is 16.0 Å². The maximum Gasteiger partial charge on any atom is 0.163 e. The number of aryl methyl sites for hydroxylation is 2. The molecule has 3 rings (SSSR count). The van der Waals surface area contributed by atoms with Crippen LogP contribution in [0, 0.1) is 31.6 Å². The largest absolute Gasteiger partial charge is 0.300 e. The summed E-state index contributed by atoms with van der Waals surface area (Å²) in [7, 11) is 0. The fourth-order valence-electron chi connectivity index (χ4n) is 5.57. The molecule has 0 spiro atoms. The van der Waals surface area contributed by atoms with Crippen LogP contribution >= 0.6 is 0 Å². The second-order valence-corrected chi connectivity index (χ2v) is 11.0. The van der Waals surface area contributed by atoms with Crippen molar-refractivity contribution in [1.82, 2.24) is 0 Å². The lowest BCUT2D eigenvalue weighted by atomic mass is 9.71. The number of carbonyl (C=O) groups excluding carboxylic acids is 4. The zero-order chi connectivity index (χ0) is 29.5. The van der Waals surface area contributed by atoms with Gasteiger partial charge >= 0.3 is 0 Å². The number of fused-ring (bicyclic) bond motifs is 1. The van der Waals surface area contributed by atoms with E-state index in [1.807, 2.05) is 50.2 Å². The molecule has 1 aliphatic carbocycles. The Bertz CT molecular complexity index is 1080. The molecule has 0 heterocycles. The summed E-state index contributed by atoms with van der Waals surface area (Å²) in [6, 6.07) is 13.4. The molecule has 0 saturated carbocycles. The van der Waals surface area contributed by atoms with Gasteiger partial charge in [0.25, 0.3) is 0 Å². The maximum absolute atomic E-state index is 12.8. The van der Waals surface area contributed by atoms with E-state index in [1.165, 1.54) is 24.5 Å². The molecule has 0 aliphatic heterocycles. The average Bonchev–Trinajstić information content (AvgIpc) is 2.87. The predicted molar refractivity (Wildman–Crippen MR) is 162 cm³/mol. The summed E-state index contributed by atoms with van der Waals surface area (Å²) in [5.74, 6) is 0.887. The molecule has 39 heavy (non-hydrogen) atoms. The van der Waals surface area contributed by atoms with E-state index in [0.29, 0.717) is 12.3 Å². The van der Waals surface area contributed by atoms with Crippen LogP contribution in [-0.4, -0.2) is 23.1 Å². The molecule has 0 N–H and O–H groups in total. The van der Waals surface area contributed by atoms with Crippen molar-refractivity contribution in [1.29, 1.82) is 0 Å². The maximum atomic E-state index is 12.8. The first-order valence-corrected chi connectivity index (χ1v) is 14.7. The van der Waals surface area contributed by atoms with Crippen LogP contribution in [0.3, 0.4) is 0 Å². The SMILES string of the molecule is CC(=O)c1ccccc1.CCC.CCCC(CC1CC(=O)c2c(C)ccc(C)c2C1)C(CC)C(=O)CC(C)=O. The van der Waals surface area contributed by atoms with Gasteiger partial charge in [0.05, 0.1) is 6.42 Å². The van der Waals surface area contributed by atoms with Crippen molar-refractivity contribution in [2.24, 2.45) is 17.8 Å². The summed E-state index contributed by atoms with van der Waals surface area (Å²) >= 11 is 0. The van der Waals surface area contributed by atoms with Crippen molar-refractivity contribution in [2.45, 2.75) is 107 Å². The van der Waals surface area contributed by atoms with Crippen LogP contribution in [0.1, 0.15) is 124 Å². The van der Waals surface area contributed by atoms with Crippen molar-refractivity contribution < 1.29 is 19.2 Å². The Morgan fingerprint density at radius 1 is 0.872 bits per heavy atom. The van der Waals surface area contributed by atoms with Crippen LogP contribution in [0.4, 0.5) is 0 Å². The fourth-order valence-corrected chi connectivity index (χ4v) is 5.57. The Kier molecular flexibility index (Phi) is 15.5. The monoisotopic (exact) mass is 534 g/mol. The number of hydrogen-bond donors (Lipinski definition) is 0. The van der Waals surface area contributed by atoms with Gasteiger partial charge in [-0.2, -0.15) is 0 Å². The molecular formula is C35H50O4. The third-order valence-electron chi connectivity index (χ3n) is 7.32. The number of hydrogen-bond acceptors (Lipinski definition) is 4. The molecule has 2 aromatic carbocycles. The van der Waals surface area contributed by atoms with E-state index < -0.39 is 0 Å². The molecule has 4 heteroatoms. The average molecular weight is 535 g/mol. The van der Waals surface area contributed by atoms with Gasteiger partial charge in [-0.15, -0.1) is 0 Å². The zero-order valence-corrected chi connectivity index (χ0v) is 25.6. The van der Waals surface area contributed by atoms with Crippen molar-refractivity contribution >= 4 is 23.1 Å².